The standard InChI is InChI=1S/C15H16N6O/c1-2-5-11(6-3-1)21-15-13(10-17-21)14(18-20-19-15)16-9-12-7-4-8-22-12/h1-3,5-6,10,12H,4,7-9H2,(H,16,18,19). The van der Waals surface area contributed by atoms with Crippen molar-refractivity contribution in [3.05, 3.63) is 36.5 Å². The summed E-state index contributed by atoms with van der Waals surface area (Å²) in [5.74, 6) is 0.697. The van der Waals surface area contributed by atoms with Gasteiger partial charge >= 0.3 is 0 Å². The van der Waals surface area contributed by atoms with Gasteiger partial charge in [-0.1, -0.05) is 18.2 Å². The van der Waals surface area contributed by atoms with E-state index < -0.39 is 0 Å². The average molecular weight is 296 g/mol. The van der Waals surface area contributed by atoms with E-state index in [0.717, 1.165) is 37.1 Å². The zero-order valence-corrected chi connectivity index (χ0v) is 12.0. The maximum atomic E-state index is 5.61. The minimum atomic E-state index is 0.245. The van der Waals surface area contributed by atoms with E-state index in [2.05, 4.69) is 25.8 Å². The van der Waals surface area contributed by atoms with Crippen LogP contribution in [0.25, 0.3) is 16.7 Å². The van der Waals surface area contributed by atoms with Gasteiger partial charge in [0.25, 0.3) is 0 Å². The lowest BCUT2D eigenvalue weighted by atomic mass is 10.2. The Balaban J connectivity index is 1.65. The molecule has 2 aromatic heterocycles. The van der Waals surface area contributed by atoms with Crippen molar-refractivity contribution in [2.24, 2.45) is 0 Å². The molecule has 0 saturated carbocycles. The maximum Gasteiger partial charge on any atom is 0.190 e. The van der Waals surface area contributed by atoms with Crippen molar-refractivity contribution in [2.75, 3.05) is 18.5 Å². The summed E-state index contributed by atoms with van der Waals surface area (Å²) in [6.07, 6.45) is 4.21. The van der Waals surface area contributed by atoms with Gasteiger partial charge in [0.1, 0.15) is 0 Å². The quantitative estimate of drug-likeness (QED) is 0.791. The lowest BCUT2D eigenvalue weighted by molar-refractivity contribution is 0.120. The van der Waals surface area contributed by atoms with Gasteiger partial charge in [0, 0.05) is 13.2 Å². The van der Waals surface area contributed by atoms with Crippen molar-refractivity contribution in [1.82, 2.24) is 25.2 Å². The van der Waals surface area contributed by atoms with Gasteiger partial charge in [-0.2, -0.15) is 5.10 Å². The second-order valence-electron chi connectivity index (χ2n) is 5.28. The third kappa shape index (κ3) is 2.39. The van der Waals surface area contributed by atoms with Gasteiger partial charge in [-0.3, -0.25) is 0 Å². The second kappa shape index (κ2) is 5.69. The molecule has 3 aromatic rings. The second-order valence-corrected chi connectivity index (χ2v) is 5.28. The molecule has 112 valence electrons. The van der Waals surface area contributed by atoms with E-state index in [1.54, 1.807) is 10.9 Å². The Morgan fingerprint density at radius 2 is 2.14 bits per heavy atom. The molecule has 0 bridgehead atoms. The highest BCUT2D eigenvalue weighted by Gasteiger charge is 2.17. The molecule has 1 aliphatic rings. The molecule has 1 saturated heterocycles. The molecule has 0 radical (unpaired) electrons. The first-order chi connectivity index (χ1) is 10.9. The zero-order valence-electron chi connectivity index (χ0n) is 12.0. The summed E-state index contributed by atoms with van der Waals surface area (Å²) in [6, 6.07) is 9.86. The minimum Gasteiger partial charge on any atom is -0.376 e. The van der Waals surface area contributed by atoms with E-state index in [9.17, 15) is 0 Å². The number of rotatable bonds is 4. The van der Waals surface area contributed by atoms with Crippen LogP contribution in [0.4, 0.5) is 5.82 Å². The highest BCUT2D eigenvalue weighted by atomic mass is 16.5. The maximum absolute atomic E-state index is 5.61. The van der Waals surface area contributed by atoms with Crippen molar-refractivity contribution in [3.63, 3.8) is 0 Å². The van der Waals surface area contributed by atoms with Crippen LogP contribution in [-0.4, -0.2) is 44.4 Å². The SMILES string of the molecule is c1ccc(-n2ncc3c(NCC4CCCO4)nnnc32)cc1. The van der Waals surface area contributed by atoms with Crippen molar-refractivity contribution >= 4 is 16.9 Å². The number of nitrogens with zero attached hydrogens (tertiary/aromatic N) is 5. The summed E-state index contributed by atoms with van der Waals surface area (Å²) >= 11 is 0. The molecule has 0 aliphatic carbocycles. The van der Waals surface area contributed by atoms with E-state index in [4.69, 9.17) is 4.74 Å². The molecule has 1 atom stereocenters. The number of aromatic nitrogens is 5. The fourth-order valence-corrected chi connectivity index (χ4v) is 2.67. The third-order valence-electron chi connectivity index (χ3n) is 3.81. The van der Waals surface area contributed by atoms with Crippen LogP contribution in [-0.2, 0) is 4.74 Å². The zero-order chi connectivity index (χ0) is 14.8. The lowest BCUT2D eigenvalue weighted by Crippen LogP contribution is -2.19. The highest BCUT2D eigenvalue weighted by Crippen LogP contribution is 2.21. The molecule has 7 nitrogen and oxygen atoms in total. The number of benzene rings is 1. The van der Waals surface area contributed by atoms with E-state index in [0.29, 0.717) is 11.5 Å². The highest BCUT2D eigenvalue weighted by molar-refractivity contribution is 5.86. The summed E-state index contributed by atoms with van der Waals surface area (Å²) in [7, 11) is 0. The van der Waals surface area contributed by atoms with Crippen molar-refractivity contribution in [2.45, 2.75) is 18.9 Å². The number of para-hydroxylation sites is 1. The number of fused-ring (bicyclic) bond motifs is 1. The molecular formula is C15H16N6O. The number of hydrogen-bond acceptors (Lipinski definition) is 6. The van der Waals surface area contributed by atoms with Gasteiger partial charge < -0.3 is 10.1 Å². The number of ether oxygens (including phenoxy) is 1. The Bertz CT molecular complexity index is 766. The Morgan fingerprint density at radius 1 is 1.23 bits per heavy atom. The van der Waals surface area contributed by atoms with E-state index in [1.807, 2.05) is 30.3 Å². The van der Waals surface area contributed by atoms with E-state index in [-0.39, 0.29) is 6.10 Å². The molecule has 22 heavy (non-hydrogen) atoms. The van der Waals surface area contributed by atoms with Gasteiger partial charge in [0.2, 0.25) is 0 Å². The van der Waals surface area contributed by atoms with E-state index >= 15 is 0 Å². The van der Waals surface area contributed by atoms with Crippen molar-refractivity contribution < 1.29 is 4.74 Å². The Kier molecular flexibility index (Phi) is 3.40. The Hall–Kier alpha value is -2.54. The molecule has 1 N–H and O–H groups in total. The predicted octanol–water partition coefficient (Wildman–Crippen LogP) is 1.80. The van der Waals surface area contributed by atoms with Gasteiger partial charge in [-0.15, -0.1) is 10.2 Å². The van der Waals surface area contributed by atoms with Crippen molar-refractivity contribution in [1.29, 1.82) is 0 Å². The third-order valence-corrected chi connectivity index (χ3v) is 3.81. The van der Waals surface area contributed by atoms with E-state index in [1.165, 1.54) is 0 Å². The van der Waals surface area contributed by atoms with Crippen LogP contribution in [0, 0.1) is 0 Å². The fourth-order valence-electron chi connectivity index (χ4n) is 2.67. The van der Waals surface area contributed by atoms with Crippen LogP contribution in [0.1, 0.15) is 12.8 Å². The van der Waals surface area contributed by atoms with Crippen LogP contribution in [0.2, 0.25) is 0 Å². The normalized spacial score (nSPS) is 17.9. The van der Waals surface area contributed by atoms with Crippen LogP contribution < -0.4 is 5.32 Å². The first-order valence-corrected chi connectivity index (χ1v) is 7.40. The van der Waals surface area contributed by atoms with Crippen LogP contribution in [0.5, 0.6) is 0 Å². The lowest BCUT2D eigenvalue weighted by Gasteiger charge is -2.10. The molecule has 4 rings (SSSR count). The summed E-state index contributed by atoms with van der Waals surface area (Å²) in [5, 5.41) is 20.6. The number of anilines is 1. The molecule has 1 fully saturated rings. The molecule has 3 heterocycles. The molecule has 7 heteroatoms. The summed E-state index contributed by atoms with van der Waals surface area (Å²) < 4.78 is 7.38. The van der Waals surface area contributed by atoms with Crippen LogP contribution >= 0.6 is 0 Å². The molecule has 1 aliphatic heterocycles. The average Bonchev–Trinajstić information content (AvgIpc) is 3.23. The van der Waals surface area contributed by atoms with Crippen LogP contribution in [0.3, 0.4) is 0 Å². The molecule has 1 unspecified atom stereocenters. The van der Waals surface area contributed by atoms with Crippen molar-refractivity contribution in [3.8, 4) is 5.69 Å². The minimum absolute atomic E-state index is 0.245. The summed E-state index contributed by atoms with van der Waals surface area (Å²) in [6.45, 7) is 1.57. The molecule has 0 spiro atoms. The first kappa shape index (κ1) is 13.1. The smallest absolute Gasteiger partial charge is 0.190 e. The Morgan fingerprint density at radius 3 is 2.95 bits per heavy atom. The van der Waals surface area contributed by atoms with Gasteiger partial charge in [0.05, 0.1) is 23.4 Å². The summed E-state index contributed by atoms with van der Waals surface area (Å²) in [4.78, 5) is 0. The fraction of sp³-hybridized carbons (Fsp3) is 0.333. The summed E-state index contributed by atoms with van der Waals surface area (Å²) in [5.41, 5.74) is 1.64. The Labute approximate surface area is 127 Å². The largest absolute Gasteiger partial charge is 0.376 e. The molecule has 0 amide bonds. The van der Waals surface area contributed by atoms with Gasteiger partial charge in [-0.05, 0) is 30.2 Å². The first-order valence-electron chi connectivity index (χ1n) is 7.40. The number of hydrogen-bond donors (Lipinski definition) is 1. The van der Waals surface area contributed by atoms with Gasteiger partial charge in [0.15, 0.2) is 11.5 Å². The predicted molar refractivity (Wildman–Crippen MR) is 81.9 cm³/mol. The van der Waals surface area contributed by atoms with Gasteiger partial charge in [-0.25, -0.2) is 4.68 Å². The molecule has 1 aromatic carbocycles. The monoisotopic (exact) mass is 296 g/mol. The number of nitrogens with one attached hydrogen (secondary N) is 1. The topological polar surface area (TPSA) is 77.8 Å². The molecular weight excluding hydrogens is 280 g/mol. The van der Waals surface area contributed by atoms with Crippen LogP contribution in [0.15, 0.2) is 36.5 Å².